The van der Waals surface area contributed by atoms with Crippen LogP contribution in [0.25, 0.3) is 0 Å². The molecule has 1 saturated carbocycles. The molecular formula is C27H41N7O5. The first kappa shape index (κ1) is 30.0. The Kier molecular flexibility index (Phi) is 10.4. The first-order valence-electron chi connectivity index (χ1n) is 13.7. The topological polar surface area (TPSA) is 162 Å². The maximum absolute atomic E-state index is 13.7. The molecule has 1 aromatic rings. The normalized spacial score (nSPS) is 18.6. The second kappa shape index (κ2) is 13.5. The smallest absolute Gasteiger partial charge is 0.271 e. The van der Waals surface area contributed by atoms with Crippen molar-refractivity contribution in [2.75, 3.05) is 13.1 Å². The fourth-order valence-electron chi connectivity index (χ4n) is 4.61. The van der Waals surface area contributed by atoms with E-state index in [2.05, 4.69) is 31.2 Å². The van der Waals surface area contributed by atoms with Crippen LogP contribution in [-0.4, -0.2) is 81.7 Å². The van der Waals surface area contributed by atoms with Crippen molar-refractivity contribution in [2.24, 2.45) is 5.41 Å². The number of carbonyl (C=O) groups is 5. The third-order valence-corrected chi connectivity index (χ3v) is 6.82. The molecule has 12 heteroatoms. The summed E-state index contributed by atoms with van der Waals surface area (Å²) in [5.74, 6) is -1.80. The van der Waals surface area contributed by atoms with Crippen LogP contribution in [0.2, 0.25) is 0 Å². The first-order chi connectivity index (χ1) is 18.5. The molecule has 4 N–H and O–H groups in total. The monoisotopic (exact) mass is 543 g/mol. The molecule has 1 aromatic heterocycles. The van der Waals surface area contributed by atoms with Crippen molar-refractivity contribution in [3.05, 3.63) is 24.3 Å². The van der Waals surface area contributed by atoms with Gasteiger partial charge in [0.2, 0.25) is 23.6 Å². The van der Waals surface area contributed by atoms with E-state index in [1.165, 1.54) is 23.5 Å². The summed E-state index contributed by atoms with van der Waals surface area (Å²) in [4.78, 5) is 73.5. The van der Waals surface area contributed by atoms with Crippen molar-refractivity contribution < 1.29 is 24.0 Å². The van der Waals surface area contributed by atoms with E-state index < -0.39 is 29.3 Å². The fraction of sp³-hybridized carbons (Fsp3) is 0.667. The molecule has 0 bridgehead atoms. The van der Waals surface area contributed by atoms with E-state index >= 15 is 0 Å². The highest BCUT2D eigenvalue weighted by molar-refractivity contribution is 5.96. The zero-order valence-electron chi connectivity index (χ0n) is 23.3. The predicted octanol–water partition coefficient (Wildman–Crippen LogP) is 0.682. The third kappa shape index (κ3) is 9.00. The molecule has 2 aliphatic rings. The molecule has 1 saturated heterocycles. The molecule has 1 aliphatic heterocycles. The van der Waals surface area contributed by atoms with Crippen LogP contribution in [0.3, 0.4) is 0 Å². The Bertz CT molecular complexity index is 1040. The lowest BCUT2D eigenvalue weighted by Gasteiger charge is -2.35. The van der Waals surface area contributed by atoms with Crippen LogP contribution in [0.15, 0.2) is 18.6 Å². The van der Waals surface area contributed by atoms with Gasteiger partial charge < -0.3 is 26.2 Å². The van der Waals surface area contributed by atoms with Gasteiger partial charge in [0, 0.05) is 37.4 Å². The van der Waals surface area contributed by atoms with Crippen LogP contribution in [-0.2, 0) is 19.2 Å². The Morgan fingerprint density at radius 3 is 2.41 bits per heavy atom. The van der Waals surface area contributed by atoms with Gasteiger partial charge in [-0.15, -0.1) is 0 Å². The summed E-state index contributed by atoms with van der Waals surface area (Å²) in [6, 6.07) is -1.65. The molecular weight excluding hydrogens is 502 g/mol. The lowest BCUT2D eigenvalue weighted by atomic mass is 9.85. The van der Waals surface area contributed by atoms with Crippen molar-refractivity contribution in [2.45, 2.75) is 96.8 Å². The Morgan fingerprint density at radius 2 is 1.79 bits per heavy atom. The van der Waals surface area contributed by atoms with E-state index in [-0.39, 0.29) is 48.5 Å². The second-order valence-electron chi connectivity index (χ2n) is 11.4. The zero-order valence-corrected chi connectivity index (χ0v) is 23.3. The van der Waals surface area contributed by atoms with Gasteiger partial charge in [-0.2, -0.15) is 0 Å². The van der Waals surface area contributed by atoms with Gasteiger partial charge in [-0.25, -0.2) is 4.98 Å². The predicted molar refractivity (Wildman–Crippen MR) is 143 cm³/mol. The number of nitrogens with one attached hydrogen (secondary N) is 4. The van der Waals surface area contributed by atoms with E-state index in [9.17, 15) is 24.0 Å². The van der Waals surface area contributed by atoms with Crippen LogP contribution in [0.4, 0.5) is 0 Å². The van der Waals surface area contributed by atoms with Crippen molar-refractivity contribution in [1.29, 1.82) is 0 Å². The Labute approximate surface area is 229 Å². The van der Waals surface area contributed by atoms with Gasteiger partial charge in [0.1, 0.15) is 17.8 Å². The second-order valence-corrected chi connectivity index (χ2v) is 11.4. The number of amides is 5. The number of rotatable bonds is 12. The molecule has 3 rings (SSSR count). The van der Waals surface area contributed by atoms with E-state index in [4.69, 9.17) is 0 Å². The molecule has 0 aromatic carbocycles. The molecule has 2 fully saturated rings. The lowest BCUT2D eigenvalue weighted by molar-refractivity contribution is -0.144. The summed E-state index contributed by atoms with van der Waals surface area (Å²) in [5.41, 5.74) is -0.581. The zero-order chi connectivity index (χ0) is 28.6. The van der Waals surface area contributed by atoms with E-state index in [0.29, 0.717) is 25.8 Å². The summed E-state index contributed by atoms with van der Waals surface area (Å²) in [7, 11) is 0. The average Bonchev–Trinajstić information content (AvgIpc) is 3.55. The van der Waals surface area contributed by atoms with Crippen molar-refractivity contribution in [3.8, 4) is 0 Å². The number of hydrogen-bond acceptors (Lipinski definition) is 7. The molecule has 0 spiro atoms. The molecule has 0 radical (unpaired) electrons. The molecule has 3 unspecified atom stereocenters. The first-order valence-corrected chi connectivity index (χ1v) is 13.7. The van der Waals surface area contributed by atoms with E-state index in [1.807, 2.05) is 27.7 Å². The Hall–Kier alpha value is -3.57. The average molecular weight is 544 g/mol. The number of hydrogen-bond donors (Lipinski definition) is 4. The van der Waals surface area contributed by atoms with Gasteiger partial charge in [-0.05, 0) is 37.5 Å². The van der Waals surface area contributed by atoms with Crippen LogP contribution in [0, 0.1) is 5.41 Å². The number of nitrogens with zero attached hydrogens (tertiary/aromatic N) is 3. The SMILES string of the molecule is CCCC(CC(=O)NC1CC1)NC(=O)C1CCCN1C(=O)C(NC(=O)CNC(=O)c1cnccn1)C(C)(C)C. The van der Waals surface area contributed by atoms with Crippen LogP contribution < -0.4 is 21.3 Å². The highest BCUT2D eigenvalue weighted by Gasteiger charge is 2.42. The van der Waals surface area contributed by atoms with Gasteiger partial charge in [0.15, 0.2) is 0 Å². The van der Waals surface area contributed by atoms with Crippen molar-refractivity contribution in [1.82, 2.24) is 36.1 Å². The van der Waals surface area contributed by atoms with Gasteiger partial charge in [0.05, 0.1) is 12.7 Å². The maximum Gasteiger partial charge on any atom is 0.271 e. The van der Waals surface area contributed by atoms with Gasteiger partial charge >= 0.3 is 0 Å². The summed E-state index contributed by atoms with van der Waals surface area (Å²) in [6.07, 6.45) is 8.92. The molecule has 2 heterocycles. The molecule has 1 aliphatic carbocycles. The summed E-state index contributed by atoms with van der Waals surface area (Å²) < 4.78 is 0. The van der Waals surface area contributed by atoms with Crippen LogP contribution >= 0.6 is 0 Å². The van der Waals surface area contributed by atoms with Gasteiger partial charge in [-0.3, -0.25) is 29.0 Å². The summed E-state index contributed by atoms with van der Waals surface area (Å²) in [6.45, 7) is 7.53. The molecule has 39 heavy (non-hydrogen) atoms. The molecule has 12 nitrogen and oxygen atoms in total. The third-order valence-electron chi connectivity index (χ3n) is 6.82. The minimum absolute atomic E-state index is 0.0717. The highest BCUT2D eigenvalue weighted by Crippen LogP contribution is 2.26. The number of likely N-dealkylation sites (tertiary alicyclic amines) is 1. The summed E-state index contributed by atoms with van der Waals surface area (Å²) >= 11 is 0. The Morgan fingerprint density at radius 1 is 1.05 bits per heavy atom. The quantitative estimate of drug-likeness (QED) is 0.301. The molecule has 214 valence electrons. The number of aromatic nitrogens is 2. The molecule has 3 atom stereocenters. The fourth-order valence-corrected chi connectivity index (χ4v) is 4.61. The van der Waals surface area contributed by atoms with Crippen LogP contribution in [0.1, 0.15) is 83.1 Å². The van der Waals surface area contributed by atoms with Crippen molar-refractivity contribution >= 4 is 29.5 Å². The largest absolute Gasteiger partial charge is 0.353 e. The highest BCUT2D eigenvalue weighted by atomic mass is 16.2. The number of carbonyl (C=O) groups excluding carboxylic acids is 5. The minimum Gasteiger partial charge on any atom is -0.353 e. The van der Waals surface area contributed by atoms with Crippen LogP contribution in [0.5, 0.6) is 0 Å². The summed E-state index contributed by atoms with van der Waals surface area (Å²) in [5, 5.41) is 11.2. The van der Waals surface area contributed by atoms with E-state index in [1.54, 1.807) is 0 Å². The van der Waals surface area contributed by atoms with Crippen molar-refractivity contribution in [3.63, 3.8) is 0 Å². The van der Waals surface area contributed by atoms with Gasteiger partial charge in [-0.1, -0.05) is 34.1 Å². The lowest BCUT2D eigenvalue weighted by Crippen LogP contribution is -2.59. The standard InChI is InChI=1S/C27H41N7O5/c1-5-7-18(14-21(35)31-17-9-10-17)32-25(38)20-8-6-13-34(20)26(39)23(27(2,3)4)33-22(36)16-30-24(37)19-15-28-11-12-29-19/h11-12,15,17-18,20,23H,5-10,13-14,16H2,1-4H3,(H,30,37)(H,31,35)(H,32,38)(H,33,36). The maximum atomic E-state index is 13.7. The van der Waals surface area contributed by atoms with E-state index in [0.717, 1.165) is 19.3 Å². The minimum atomic E-state index is -0.914. The Balaban J connectivity index is 1.61. The van der Waals surface area contributed by atoms with Gasteiger partial charge in [0.25, 0.3) is 5.91 Å². The molecule has 5 amide bonds.